The highest BCUT2D eigenvalue weighted by atomic mass is 19.4. The predicted molar refractivity (Wildman–Crippen MR) is 122 cm³/mol. The van der Waals surface area contributed by atoms with Gasteiger partial charge < -0.3 is 21.1 Å². The number of benzene rings is 1. The van der Waals surface area contributed by atoms with Crippen LogP contribution >= 0.6 is 0 Å². The fraction of sp³-hybridized carbons (Fsp3) is 0.545. The first kappa shape index (κ1) is 25.2. The number of rotatable bonds is 9. The van der Waals surface area contributed by atoms with Gasteiger partial charge in [-0.15, -0.1) is 18.4 Å². The Morgan fingerprint density at radius 2 is 1.83 bits per heavy atom. The highest BCUT2D eigenvalue weighted by molar-refractivity contribution is 5.63. The quantitative estimate of drug-likeness (QED) is 0.329. The van der Waals surface area contributed by atoms with Crippen LogP contribution in [0.15, 0.2) is 30.5 Å². The lowest BCUT2D eigenvalue weighted by Gasteiger charge is -2.45. The van der Waals surface area contributed by atoms with Crippen LogP contribution in [-0.4, -0.2) is 63.4 Å². The number of nitrogens with one attached hydrogen (secondary N) is 2. The summed E-state index contributed by atoms with van der Waals surface area (Å²) in [5.41, 5.74) is 6.11. The molecule has 1 aliphatic carbocycles. The predicted octanol–water partition coefficient (Wildman–Crippen LogP) is 3.19. The average Bonchev–Trinajstić information content (AvgIpc) is 2.79. The second-order valence-electron chi connectivity index (χ2n) is 9.00. The molecular weight excluding hydrogens is 467 g/mol. The summed E-state index contributed by atoms with van der Waals surface area (Å²) in [6, 6.07) is 6.63. The van der Waals surface area contributed by atoms with E-state index in [0.29, 0.717) is 24.5 Å². The van der Waals surface area contributed by atoms with Crippen molar-refractivity contribution in [3.8, 4) is 5.75 Å². The van der Waals surface area contributed by atoms with Crippen molar-refractivity contribution in [3.05, 3.63) is 36.0 Å². The molecule has 0 bridgehead atoms. The van der Waals surface area contributed by atoms with E-state index < -0.39 is 6.36 Å². The molecule has 1 aromatic carbocycles. The van der Waals surface area contributed by atoms with Crippen LogP contribution in [0.2, 0.25) is 0 Å². The van der Waals surface area contributed by atoms with Gasteiger partial charge in [-0.25, -0.2) is 4.98 Å². The maximum atomic E-state index is 12.7. The molecule has 2 fully saturated rings. The van der Waals surface area contributed by atoms with Gasteiger partial charge in [0, 0.05) is 43.8 Å². The molecule has 1 saturated heterocycles. The number of para-hydroxylation sites is 1. The fourth-order valence-corrected chi connectivity index (χ4v) is 4.59. The minimum atomic E-state index is -4.81. The third kappa shape index (κ3) is 6.84. The molecule has 192 valence electrons. The largest absolute Gasteiger partial charge is 0.573 e. The third-order valence-electron chi connectivity index (χ3n) is 6.45. The van der Waals surface area contributed by atoms with E-state index in [1.54, 1.807) is 6.07 Å². The molecular formula is C22H30F3N7O3. The zero-order chi connectivity index (χ0) is 25.0. The van der Waals surface area contributed by atoms with Crippen LogP contribution < -0.4 is 26.3 Å². The van der Waals surface area contributed by atoms with E-state index in [4.69, 9.17) is 5.73 Å². The topological polar surface area (TPSA) is 132 Å². The molecule has 35 heavy (non-hydrogen) atoms. The summed E-state index contributed by atoms with van der Waals surface area (Å²) in [4.78, 5) is 10.7. The van der Waals surface area contributed by atoms with Crippen LogP contribution in [0.3, 0.4) is 0 Å². The van der Waals surface area contributed by atoms with Gasteiger partial charge in [0.1, 0.15) is 5.75 Å². The Morgan fingerprint density at radius 1 is 1.11 bits per heavy atom. The number of halogens is 3. The second-order valence-corrected chi connectivity index (χ2v) is 9.00. The molecule has 13 heteroatoms. The molecule has 2 aromatic rings. The first-order valence-electron chi connectivity index (χ1n) is 11.5. The van der Waals surface area contributed by atoms with Crippen molar-refractivity contribution in [3.63, 3.8) is 0 Å². The summed E-state index contributed by atoms with van der Waals surface area (Å²) in [6.07, 6.45) is 0.653. The minimum absolute atomic E-state index is 0.0306. The highest BCUT2D eigenvalue weighted by Gasteiger charge is 2.33. The molecule has 0 atom stereocenters. The minimum Gasteiger partial charge on any atom is -0.405 e. The molecule has 2 aliphatic rings. The van der Waals surface area contributed by atoms with Crippen molar-refractivity contribution in [2.75, 3.05) is 35.5 Å². The van der Waals surface area contributed by atoms with Gasteiger partial charge in [0.25, 0.3) is 0 Å². The molecule has 0 unspecified atom stereocenters. The van der Waals surface area contributed by atoms with E-state index >= 15 is 0 Å². The lowest BCUT2D eigenvalue weighted by Crippen LogP contribution is -2.59. The Balaban J connectivity index is 1.35. The molecule has 0 radical (unpaired) electrons. The molecule has 10 nitrogen and oxygen atoms in total. The van der Waals surface area contributed by atoms with Gasteiger partial charge in [-0.1, -0.05) is 18.2 Å². The number of aromatic nitrogens is 2. The van der Waals surface area contributed by atoms with Gasteiger partial charge in [-0.05, 0) is 37.7 Å². The van der Waals surface area contributed by atoms with Crippen molar-refractivity contribution in [1.29, 1.82) is 0 Å². The van der Waals surface area contributed by atoms with Crippen LogP contribution in [0.5, 0.6) is 5.75 Å². The summed E-state index contributed by atoms with van der Waals surface area (Å²) in [6.45, 7) is 2.48. The van der Waals surface area contributed by atoms with E-state index in [1.165, 1.54) is 24.4 Å². The standard InChI is InChI=1S/C22H30F3N7O3/c23-22(24,25)35-19-4-2-1-3-15(19)10-28-21-29-11-18(32(33)34)20(30-21)27-9-14-5-7-17(8-6-14)31-12-16(26)13-31/h1-4,11,14,16-17,33-34H,5-10,12-13,26H2,(H2,27,28,29,30). The Hall–Kier alpha value is -2.87. The fourth-order valence-electron chi connectivity index (χ4n) is 4.59. The van der Waals surface area contributed by atoms with Crippen LogP contribution in [0.4, 0.5) is 30.6 Å². The zero-order valence-corrected chi connectivity index (χ0v) is 19.1. The van der Waals surface area contributed by atoms with Gasteiger partial charge in [0.15, 0.2) is 11.5 Å². The molecule has 2 heterocycles. The molecule has 1 aliphatic heterocycles. The van der Waals surface area contributed by atoms with Crippen molar-refractivity contribution in [2.24, 2.45) is 11.7 Å². The average molecular weight is 498 g/mol. The second kappa shape index (κ2) is 10.8. The maximum absolute atomic E-state index is 12.7. The van der Waals surface area contributed by atoms with Gasteiger partial charge in [-0.2, -0.15) is 4.98 Å². The van der Waals surface area contributed by atoms with E-state index in [-0.39, 0.29) is 40.5 Å². The molecule has 1 aromatic heterocycles. The van der Waals surface area contributed by atoms with E-state index in [2.05, 4.69) is 30.2 Å². The summed E-state index contributed by atoms with van der Waals surface area (Å²) in [5, 5.41) is 25.0. The van der Waals surface area contributed by atoms with Crippen LogP contribution in [0, 0.1) is 5.92 Å². The maximum Gasteiger partial charge on any atom is 0.573 e. The van der Waals surface area contributed by atoms with Crippen molar-refractivity contribution < 1.29 is 28.3 Å². The number of ether oxygens (including phenoxy) is 1. The van der Waals surface area contributed by atoms with E-state index in [1.807, 2.05) is 0 Å². The van der Waals surface area contributed by atoms with Gasteiger partial charge >= 0.3 is 6.36 Å². The molecule has 1 saturated carbocycles. The van der Waals surface area contributed by atoms with Crippen molar-refractivity contribution >= 4 is 17.5 Å². The molecule has 4 rings (SSSR count). The first-order chi connectivity index (χ1) is 16.7. The normalized spacial score (nSPS) is 21.3. The van der Waals surface area contributed by atoms with Gasteiger partial charge in [0.05, 0.1) is 6.20 Å². The van der Waals surface area contributed by atoms with E-state index in [0.717, 1.165) is 38.8 Å². The number of nitrogens with zero attached hydrogens (tertiary/aromatic N) is 4. The lowest BCUT2D eigenvalue weighted by molar-refractivity contribution is -0.274. The third-order valence-corrected chi connectivity index (χ3v) is 6.45. The van der Waals surface area contributed by atoms with Crippen LogP contribution in [-0.2, 0) is 6.54 Å². The number of anilines is 3. The Bertz CT molecular complexity index is 981. The summed E-state index contributed by atoms with van der Waals surface area (Å²) < 4.78 is 42.0. The lowest BCUT2D eigenvalue weighted by atomic mass is 9.84. The van der Waals surface area contributed by atoms with Crippen LogP contribution in [0.1, 0.15) is 31.2 Å². The van der Waals surface area contributed by atoms with Gasteiger partial charge in [0.2, 0.25) is 5.95 Å². The summed E-state index contributed by atoms with van der Waals surface area (Å²) >= 11 is 0. The molecule has 0 spiro atoms. The molecule has 6 N–H and O–H groups in total. The summed E-state index contributed by atoms with van der Waals surface area (Å²) in [7, 11) is 0. The van der Waals surface area contributed by atoms with Gasteiger partial charge in [-0.3, -0.25) is 15.3 Å². The number of likely N-dealkylation sites (tertiary alicyclic amines) is 1. The number of hydrogen-bond acceptors (Lipinski definition) is 10. The monoisotopic (exact) mass is 497 g/mol. The summed E-state index contributed by atoms with van der Waals surface area (Å²) in [5.74, 6) is 0.383. The SMILES string of the molecule is NC1CN(C2CCC(CNc3nc(NCc4ccccc4OC(F)(F)F)ncc3N(O)O)CC2)C1. The zero-order valence-electron chi connectivity index (χ0n) is 19.1. The van der Waals surface area contributed by atoms with Crippen LogP contribution in [0.25, 0.3) is 0 Å². The first-order valence-corrected chi connectivity index (χ1v) is 11.5. The Labute approximate surface area is 200 Å². The Kier molecular flexibility index (Phi) is 7.79. The Morgan fingerprint density at radius 3 is 2.49 bits per heavy atom. The number of nitrogens with two attached hydrogens (primary N) is 1. The highest BCUT2D eigenvalue weighted by Crippen LogP contribution is 2.31. The van der Waals surface area contributed by atoms with E-state index in [9.17, 15) is 23.6 Å². The molecule has 0 amide bonds. The number of alkyl halides is 3. The van der Waals surface area contributed by atoms with Crippen molar-refractivity contribution in [2.45, 2.75) is 50.7 Å². The number of hydrogen-bond donors (Lipinski definition) is 5. The van der Waals surface area contributed by atoms with Crippen molar-refractivity contribution in [1.82, 2.24) is 14.9 Å². The smallest absolute Gasteiger partial charge is 0.405 e.